The van der Waals surface area contributed by atoms with Crippen molar-refractivity contribution in [1.29, 1.82) is 0 Å². The zero-order chi connectivity index (χ0) is 13.2. The second-order valence-corrected chi connectivity index (χ2v) is 5.29. The number of nitrogens with two attached hydrogens (primary N) is 1. The van der Waals surface area contributed by atoms with E-state index in [2.05, 4.69) is 5.32 Å². The molecule has 4 N–H and O–H groups in total. The van der Waals surface area contributed by atoms with Crippen molar-refractivity contribution in [3.63, 3.8) is 0 Å². The lowest BCUT2D eigenvalue weighted by Crippen LogP contribution is -2.31. The Hall–Kier alpha value is -1.26. The number of carbonyl (C=O) groups excluding carboxylic acids is 1. The van der Waals surface area contributed by atoms with Crippen LogP contribution in [0.15, 0.2) is 18.2 Å². The summed E-state index contributed by atoms with van der Waals surface area (Å²) < 4.78 is 0. The standard InChI is InChI=1S/C13H17ClN2O2/c14-11-2-1-9(17)7-10(11)12(18)16-8-13(3-4-13)5-6-15/h1-2,7,17H,3-6,8,15H2,(H,16,18). The highest BCUT2D eigenvalue weighted by Gasteiger charge is 2.41. The molecule has 1 saturated carbocycles. The van der Waals surface area contributed by atoms with Gasteiger partial charge >= 0.3 is 0 Å². The number of rotatable bonds is 5. The number of hydrogen-bond acceptors (Lipinski definition) is 3. The van der Waals surface area contributed by atoms with Gasteiger partial charge in [0.25, 0.3) is 5.91 Å². The molecule has 1 aromatic rings. The summed E-state index contributed by atoms with van der Waals surface area (Å²) in [5.74, 6) is -0.216. The van der Waals surface area contributed by atoms with Crippen molar-refractivity contribution < 1.29 is 9.90 Å². The summed E-state index contributed by atoms with van der Waals surface area (Å²) in [6.45, 7) is 1.26. The molecule has 0 unspecified atom stereocenters. The van der Waals surface area contributed by atoms with Crippen LogP contribution >= 0.6 is 11.6 Å². The van der Waals surface area contributed by atoms with Gasteiger partial charge in [0.2, 0.25) is 0 Å². The number of nitrogens with one attached hydrogen (secondary N) is 1. The van der Waals surface area contributed by atoms with Crippen LogP contribution in [0.25, 0.3) is 0 Å². The first-order valence-electron chi connectivity index (χ1n) is 6.03. The van der Waals surface area contributed by atoms with Gasteiger partial charge in [-0.05, 0) is 49.4 Å². The van der Waals surface area contributed by atoms with E-state index < -0.39 is 0 Å². The van der Waals surface area contributed by atoms with E-state index >= 15 is 0 Å². The average Bonchev–Trinajstić information content (AvgIpc) is 3.10. The number of hydrogen-bond donors (Lipinski definition) is 3. The Balaban J connectivity index is 1.98. The van der Waals surface area contributed by atoms with Crippen molar-refractivity contribution in [3.8, 4) is 5.75 Å². The van der Waals surface area contributed by atoms with E-state index in [0.717, 1.165) is 19.3 Å². The topological polar surface area (TPSA) is 75.3 Å². The number of halogens is 1. The van der Waals surface area contributed by atoms with Crippen LogP contribution in [0, 0.1) is 5.41 Å². The van der Waals surface area contributed by atoms with Gasteiger partial charge in [-0.2, -0.15) is 0 Å². The highest BCUT2D eigenvalue weighted by molar-refractivity contribution is 6.33. The molecule has 2 rings (SSSR count). The minimum atomic E-state index is -0.251. The molecule has 1 aliphatic rings. The van der Waals surface area contributed by atoms with E-state index in [9.17, 15) is 9.90 Å². The quantitative estimate of drug-likeness (QED) is 0.763. The van der Waals surface area contributed by atoms with Gasteiger partial charge in [0.1, 0.15) is 5.75 Å². The molecule has 5 heteroatoms. The normalized spacial score (nSPS) is 16.3. The minimum Gasteiger partial charge on any atom is -0.508 e. The maximum atomic E-state index is 12.0. The number of phenolic OH excluding ortho intramolecular Hbond substituents is 1. The van der Waals surface area contributed by atoms with Crippen LogP contribution in [-0.2, 0) is 0 Å². The van der Waals surface area contributed by atoms with Crippen LogP contribution in [0.5, 0.6) is 5.75 Å². The molecule has 98 valence electrons. The van der Waals surface area contributed by atoms with E-state index in [1.54, 1.807) is 0 Å². The number of benzene rings is 1. The van der Waals surface area contributed by atoms with Crippen LogP contribution in [0.1, 0.15) is 29.6 Å². The molecule has 0 saturated heterocycles. The van der Waals surface area contributed by atoms with Gasteiger partial charge in [-0.1, -0.05) is 11.6 Å². The predicted molar refractivity (Wildman–Crippen MR) is 70.8 cm³/mol. The van der Waals surface area contributed by atoms with E-state index in [0.29, 0.717) is 23.7 Å². The fourth-order valence-corrected chi connectivity index (χ4v) is 2.25. The Morgan fingerprint density at radius 3 is 2.83 bits per heavy atom. The number of aromatic hydroxyl groups is 1. The number of carbonyl (C=O) groups is 1. The molecule has 0 atom stereocenters. The highest BCUT2D eigenvalue weighted by atomic mass is 35.5. The van der Waals surface area contributed by atoms with Crippen LogP contribution in [0.2, 0.25) is 5.02 Å². The first-order chi connectivity index (χ1) is 8.56. The second kappa shape index (κ2) is 5.16. The summed E-state index contributed by atoms with van der Waals surface area (Å²) in [7, 11) is 0. The molecule has 1 aromatic carbocycles. The zero-order valence-electron chi connectivity index (χ0n) is 10.1. The Morgan fingerprint density at radius 2 is 2.22 bits per heavy atom. The van der Waals surface area contributed by atoms with E-state index in [1.807, 2.05) is 0 Å². The monoisotopic (exact) mass is 268 g/mol. The Morgan fingerprint density at radius 1 is 1.50 bits per heavy atom. The SMILES string of the molecule is NCCC1(CNC(=O)c2cc(O)ccc2Cl)CC1. The summed E-state index contributed by atoms with van der Waals surface area (Å²) >= 11 is 5.93. The largest absolute Gasteiger partial charge is 0.508 e. The maximum absolute atomic E-state index is 12.0. The molecule has 4 nitrogen and oxygen atoms in total. The molecule has 0 bridgehead atoms. The van der Waals surface area contributed by atoms with Gasteiger partial charge in [-0.25, -0.2) is 0 Å². The Bertz CT molecular complexity index is 458. The lowest BCUT2D eigenvalue weighted by Gasteiger charge is -2.15. The van der Waals surface area contributed by atoms with Gasteiger partial charge < -0.3 is 16.2 Å². The van der Waals surface area contributed by atoms with Crippen molar-refractivity contribution in [2.75, 3.05) is 13.1 Å². The van der Waals surface area contributed by atoms with Crippen LogP contribution in [0.4, 0.5) is 0 Å². The molecule has 18 heavy (non-hydrogen) atoms. The molecule has 0 aliphatic heterocycles. The predicted octanol–water partition coefficient (Wildman–Crippen LogP) is 1.90. The average molecular weight is 269 g/mol. The van der Waals surface area contributed by atoms with Gasteiger partial charge in [0.05, 0.1) is 10.6 Å². The highest BCUT2D eigenvalue weighted by Crippen LogP contribution is 2.47. The minimum absolute atomic E-state index is 0.0349. The third-order valence-corrected chi connectivity index (χ3v) is 3.78. The smallest absolute Gasteiger partial charge is 0.252 e. The lowest BCUT2D eigenvalue weighted by atomic mass is 10.0. The molecule has 1 fully saturated rings. The maximum Gasteiger partial charge on any atom is 0.252 e. The van der Waals surface area contributed by atoms with E-state index in [4.69, 9.17) is 17.3 Å². The molecule has 0 heterocycles. The van der Waals surface area contributed by atoms with Crippen molar-refractivity contribution in [2.45, 2.75) is 19.3 Å². The summed E-state index contributed by atoms with van der Waals surface area (Å²) in [5, 5.41) is 12.6. The molecule has 0 aromatic heterocycles. The van der Waals surface area contributed by atoms with Crippen molar-refractivity contribution in [1.82, 2.24) is 5.32 Å². The Kier molecular flexibility index (Phi) is 3.78. The molecule has 1 amide bonds. The molecule has 1 aliphatic carbocycles. The van der Waals surface area contributed by atoms with Gasteiger partial charge in [0, 0.05) is 6.54 Å². The summed E-state index contributed by atoms with van der Waals surface area (Å²) in [5.41, 5.74) is 6.04. The fourth-order valence-electron chi connectivity index (χ4n) is 2.05. The van der Waals surface area contributed by atoms with Crippen molar-refractivity contribution in [3.05, 3.63) is 28.8 Å². The summed E-state index contributed by atoms with van der Waals surface area (Å²) in [6, 6.07) is 4.34. The van der Waals surface area contributed by atoms with Crippen molar-refractivity contribution >= 4 is 17.5 Å². The van der Waals surface area contributed by atoms with Crippen molar-refractivity contribution in [2.24, 2.45) is 11.1 Å². The van der Waals surface area contributed by atoms with Crippen LogP contribution < -0.4 is 11.1 Å². The molecule has 0 spiro atoms. The van der Waals surface area contributed by atoms with E-state index in [-0.39, 0.29) is 17.1 Å². The second-order valence-electron chi connectivity index (χ2n) is 4.89. The van der Waals surface area contributed by atoms with Gasteiger partial charge in [-0.3, -0.25) is 4.79 Å². The third kappa shape index (κ3) is 2.94. The Labute approximate surface area is 111 Å². The van der Waals surface area contributed by atoms with Crippen LogP contribution in [-0.4, -0.2) is 24.1 Å². The lowest BCUT2D eigenvalue weighted by molar-refractivity contribution is 0.0944. The molecular formula is C13H17ClN2O2. The van der Waals surface area contributed by atoms with Gasteiger partial charge in [-0.15, -0.1) is 0 Å². The first-order valence-corrected chi connectivity index (χ1v) is 6.41. The zero-order valence-corrected chi connectivity index (χ0v) is 10.8. The number of phenols is 1. The van der Waals surface area contributed by atoms with E-state index in [1.165, 1.54) is 18.2 Å². The summed E-state index contributed by atoms with van der Waals surface area (Å²) in [6.07, 6.45) is 3.15. The molecular weight excluding hydrogens is 252 g/mol. The molecule has 0 radical (unpaired) electrons. The third-order valence-electron chi connectivity index (χ3n) is 3.45. The first kappa shape index (κ1) is 13.2. The number of amides is 1. The fraction of sp³-hybridized carbons (Fsp3) is 0.462. The van der Waals surface area contributed by atoms with Crippen LogP contribution in [0.3, 0.4) is 0 Å². The van der Waals surface area contributed by atoms with Gasteiger partial charge in [0.15, 0.2) is 0 Å². The summed E-state index contributed by atoms with van der Waals surface area (Å²) in [4.78, 5) is 12.0.